The molecule has 1 amide bonds. The van der Waals surface area contributed by atoms with E-state index in [1.54, 1.807) is 12.3 Å². The second-order valence-corrected chi connectivity index (χ2v) is 7.53. The average Bonchev–Trinajstić information content (AvgIpc) is 3.45. The molecule has 4 aromatic rings. The summed E-state index contributed by atoms with van der Waals surface area (Å²) in [5.41, 5.74) is 3.10. The number of halogens is 1. The summed E-state index contributed by atoms with van der Waals surface area (Å²) in [7, 11) is 0. The van der Waals surface area contributed by atoms with Crippen molar-refractivity contribution in [2.75, 3.05) is 5.32 Å². The van der Waals surface area contributed by atoms with Crippen LogP contribution in [0.5, 0.6) is 0 Å². The molecule has 31 heavy (non-hydrogen) atoms. The van der Waals surface area contributed by atoms with Gasteiger partial charge in [-0.2, -0.15) is 10.4 Å². The number of fused-ring (bicyclic) bond motifs is 1. The summed E-state index contributed by atoms with van der Waals surface area (Å²) in [6.07, 6.45) is 2.62. The van der Waals surface area contributed by atoms with Gasteiger partial charge >= 0.3 is 6.09 Å². The number of nitrogens with zero attached hydrogens (tertiary/aromatic N) is 4. The normalized spacial score (nSPS) is 13.0. The van der Waals surface area contributed by atoms with Gasteiger partial charge in [0, 0.05) is 16.5 Å². The van der Waals surface area contributed by atoms with Gasteiger partial charge in [0.25, 0.3) is 0 Å². The molecule has 9 heteroatoms. The number of H-pyrrole nitrogens is 1. The van der Waals surface area contributed by atoms with Gasteiger partial charge in [0.2, 0.25) is 0 Å². The maximum atomic E-state index is 12.2. The molecule has 2 aromatic heterocycles. The number of carbonyl (C=O) groups is 1. The van der Waals surface area contributed by atoms with Crippen LogP contribution in [-0.4, -0.2) is 32.4 Å². The minimum Gasteiger partial charge on any atom is -0.446 e. The van der Waals surface area contributed by atoms with Crippen LogP contribution in [0.2, 0.25) is 5.02 Å². The zero-order chi connectivity index (χ0) is 21.4. The Bertz CT molecular complexity index is 1340. The van der Waals surface area contributed by atoms with Gasteiger partial charge < -0.3 is 4.74 Å². The van der Waals surface area contributed by atoms with Crippen LogP contribution in [0.4, 0.5) is 10.6 Å². The highest BCUT2D eigenvalue weighted by molar-refractivity contribution is 6.35. The van der Waals surface area contributed by atoms with Crippen LogP contribution in [0, 0.1) is 11.3 Å². The summed E-state index contributed by atoms with van der Waals surface area (Å²) >= 11 is 6.42. The highest BCUT2D eigenvalue weighted by Crippen LogP contribution is 2.35. The molecule has 1 fully saturated rings. The first-order valence-corrected chi connectivity index (χ1v) is 9.98. The second kappa shape index (κ2) is 7.70. The van der Waals surface area contributed by atoms with Crippen molar-refractivity contribution in [1.82, 2.24) is 20.2 Å². The van der Waals surface area contributed by atoms with E-state index in [4.69, 9.17) is 16.3 Å². The Balaban J connectivity index is 1.67. The third-order valence-corrected chi connectivity index (χ3v) is 5.14. The molecular weight excluding hydrogens is 416 g/mol. The lowest BCUT2D eigenvalue weighted by atomic mass is 10.0. The molecule has 0 aliphatic heterocycles. The van der Waals surface area contributed by atoms with Gasteiger partial charge in [0.05, 0.1) is 28.1 Å². The predicted molar refractivity (Wildman–Crippen MR) is 115 cm³/mol. The molecule has 152 valence electrons. The van der Waals surface area contributed by atoms with Crippen LogP contribution in [0.3, 0.4) is 0 Å². The molecule has 1 aliphatic rings. The van der Waals surface area contributed by atoms with Crippen molar-refractivity contribution in [3.8, 4) is 28.6 Å². The van der Waals surface area contributed by atoms with Crippen molar-refractivity contribution in [2.45, 2.75) is 18.9 Å². The first-order chi connectivity index (χ1) is 15.1. The minimum absolute atomic E-state index is 0.0224. The van der Waals surface area contributed by atoms with E-state index in [1.807, 2.05) is 42.5 Å². The van der Waals surface area contributed by atoms with Gasteiger partial charge in [0.1, 0.15) is 12.2 Å². The maximum Gasteiger partial charge on any atom is 0.413 e. The lowest BCUT2D eigenvalue weighted by Crippen LogP contribution is -2.17. The van der Waals surface area contributed by atoms with Crippen molar-refractivity contribution in [3.63, 3.8) is 0 Å². The van der Waals surface area contributed by atoms with Gasteiger partial charge in [0.15, 0.2) is 11.5 Å². The number of aromatic amines is 1. The standard InChI is InChI=1S/C22H15ClN6O2/c23-16-9-13(8-14-11-25-29-18(14)16)20-19(12-4-2-1-3-5-12)27-21(17(10-24)26-20)28-22(30)31-15-6-7-15/h1-5,8-9,11,15H,6-7H2,(H,25,29)(H,27,28,30). The quantitative estimate of drug-likeness (QED) is 0.474. The number of aromatic nitrogens is 4. The van der Waals surface area contributed by atoms with E-state index in [1.165, 1.54) is 0 Å². The fraction of sp³-hybridized carbons (Fsp3) is 0.136. The van der Waals surface area contributed by atoms with Crippen molar-refractivity contribution >= 4 is 34.4 Å². The summed E-state index contributed by atoms with van der Waals surface area (Å²) in [5.74, 6) is 0.0474. The number of amides is 1. The fourth-order valence-electron chi connectivity index (χ4n) is 3.21. The third-order valence-electron chi connectivity index (χ3n) is 4.84. The molecule has 0 saturated heterocycles. The maximum absolute atomic E-state index is 12.2. The minimum atomic E-state index is -0.650. The zero-order valence-corrected chi connectivity index (χ0v) is 16.8. The third kappa shape index (κ3) is 3.79. The molecule has 0 radical (unpaired) electrons. The van der Waals surface area contributed by atoms with Gasteiger partial charge in [-0.3, -0.25) is 10.4 Å². The van der Waals surface area contributed by atoms with Gasteiger partial charge in [-0.1, -0.05) is 41.9 Å². The van der Waals surface area contributed by atoms with E-state index in [-0.39, 0.29) is 17.6 Å². The number of hydrogen-bond donors (Lipinski definition) is 2. The van der Waals surface area contributed by atoms with E-state index in [2.05, 4.69) is 25.5 Å². The lowest BCUT2D eigenvalue weighted by Gasteiger charge is -2.13. The number of anilines is 1. The van der Waals surface area contributed by atoms with E-state index in [0.717, 1.165) is 23.8 Å². The van der Waals surface area contributed by atoms with Crippen molar-refractivity contribution in [1.29, 1.82) is 5.26 Å². The van der Waals surface area contributed by atoms with Crippen LogP contribution >= 0.6 is 11.6 Å². The highest BCUT2D eigenvalue weighted by atomic mass is 35.5. The van der Waals surface area contributed by atoms with Crippen LogP contribution in [0.25, 0.3) is 33.4 Å². The topological polar surface area (TPSA) is 117 Å². The Morgan fingerprint density at radius 1 is 1.16 bits per heavy atom. The molecule has 0 spiro atoms. The first-order valence-electron chi connectivity index (χ1n) is 9.60. The Labute approximate surface area is 181 Å². The summed E-state index contributed by atoms with van der Waals surface area (Å²) in [6, 6.07) is 15.0. The van der Waals surface area contributed by atoms with E-state index < -0.39 is 6.09 Å². The van der Waals surface area contributed by atoms with Crippen molar-refractivity contribution in [2.24, 2.45) is 0 Å². The van der Waals surface area contributed by atoms with Gasteiger partial charge in [-0.15, -0.1) is 0 Å². The molecule has 2 aromatic carbocycles. The molecular formula is C22H15ClN6O2. The second-order valence-electron chi connectivity index (χ2n) is 7.12. The molecule has 1 saturated carbocycles. The van der Waals surface area contributed by atoms with E-state index >= 15 is 0 Å². The van der Waals surface area contributed by atoms with Gasteiger partial charge in [-0.25, -0.2) is 14.8 Å². The number of ether oxygens (including phenoxy) is 1. The van der Waals surface area contributed by atoms with Crippen molar-refractivity contribution < 1.29 is 9.53 Å². The van der Waals surface area contributed by atoms with Crippen LogP contribution in [0.15, 0.2) is 48.7 Å². The first kappa shape index (κ1) is 19.0. The van der Waals surface area contributed by atoms with Crippen LogP contribution < -0.4 is 5.32 Å². The summed E-state index contributed by atoms with van der Waals surface area (Å²) in [4.78, 5) is 21.3. The molecule has 2 N–H and O–H groups in total. The summed E-state index contributed by atoms with van der Waals surface area (Å²) in [6.45, 7) is 0. The molecule has 2 heterocycles. The van der Waals surface area contributed by atoms with Crippen LogP contribution in [-0.2, 0) is 4.74 Å². The monoisotopic (exact) mass is 430 g/mol. The Kier molecular flexibility index (Phi) is 4.73. The number of rotatable bonds is 4. The number of carbonyl (C=O) groups excluding carboxylic acids is 1. The van der Waals surface area contributed by atoms with E-state index in [0.29, 0.717) is 27.5 Å². The van der Waals surface area contributed by atoms with Crippen molar-refractivity contribution in [3.05, 3.63) is 59.4 Å². The molecule has 0 unspecified atom stereocenters. The Hall–Kier alpha value is -3.96. The smallest absolute Gasteiger partial charge is 0.413 e. The average molecular weight is 431 g/mol. The molecule has 5 rings (SSSR count). The summed E-state index contributed by atoms with van der Waals surface area (Å²) < 4.78 is 5.23. The SMILES string of the molecule is N#Cc1nc(-c2cc(Cl)c3[nH]ncc3c2)c(-c2ccccc2)nc1NC(=O)OC1CC1. The lowest BCUT2D eigenvalue weighted by molar-refractivity contribution is 0.154. The zero-order valence-electron chi connectivity index (χ0n) is 16.1. The molecule has 8 nitrogen and oxygen atoms in total. The molecule has 1 aliphatic carbocycles. The highest BCUT2D eigenvalue weighted by Gasteiger charge is 2.27. The fourth-order valence-corrected chi connectivity index (χ4v) is 3.48. The Morgan fingerprint density at radius 2 is 1.94 bits per heavy atom. The van der Waals surface area contributed by atoms with E-state index in [9.17, 15) is 10.1 Å². The number of benzene rings is 2. The number of nitriles is 1. The summed E-state index contributed by atoms with van der Waals surface area (Å²) in [5, 5.41) is 20.4. The molecule has 0 atom stereocenters. The number of nitrogens with one attached hydrogen (secondary N) is 2. The predicted octanol–water partition coefficient (Wildman–Crippen LogP) is 4.92. The number of hydrogen-bond acceptors (Lipinski definition) is 6. The van der Waals surface area contributed by atoms with Gasteiger partial charge in [-0.05, 0) is 25.0 Å². The van der Waals surface area contributed by atoms with Crippen LogP contribution in [0.1, 0.15) is 18.5 Å². The largest absolute Gasteiger partial charge is 0.446 e. The Morgan fingerprint density at radius 3 is 2.68 bits per heavy atom. The molecule has 0 bridgehead atoms.